The summed E-state index contributed by atoms with van der Waals surface area (Å²) in [4.78, 5) is 28.5. The first kappa shape index (κ1) is 26.6. The van der Waals surface area contributed by atoms with Gasteiger partial charge in [-0.25, -0.2) is 0 Å². The van der Waals surface area contributed by atoms with Crippen LogP contribution in [0.25, 0.3) is 0 Å². The molecular weight excluding hydrogens is 483 g/mol. The van der Waals surface area contributed by atoms with Crippen LogP contribution in [0.15, 0.2) is 78.9 Å². The van der Waals surface area contributed by atoms with Crippen molar-refractivity contribution in [3.05, 3.63) is 100 Å². The van der Waals surface area contributed by atoms with E-state index in [1.54, 1.807) is 35.2 Å². The monoisotopic (exact) mass is 512 g/mol. The molecule has 0 fully saturated rings. The number of nitrogens with zero attached hydrogens (tertiary/aromatic N) is 1. The van der Waals surface area contributed by atoms with Gasteiger partial charge in [0.25, 0.3) is 5.91 Å². The molecule has 7 heteroatoms. The number of carbonyl (C=O) groups excluding carboxylic acids is 2. The van der Waals surface area contributed by atoms with Crippen molar-refractivity contribution in [2.45, 2.75) is 32.9 Å². The second-order valence-electron chi connectivity index (χ2n) is 8.70. The number of halogens is 2. The molecule has 3 aromatic carbocycles. The van der Waals surface area contributed by atoms with Crippen molar-refractivity contribution >= 4 is 35.0 Å². The summed E-state index contributed by atoms with van der Waals surface area (Å²) in [5, 5.41) is 3.92. The maximum Gasteiger partial charge on any atom is 0.261 e. The molecule has 0 heterocycles. The van der Waals surface area contributed by atoms with E-state index >= 15 is 0 Å². The van der Waals surface area contributed by atoms with E-state index in [1.165, 1.54) is 0 Å². The van der Waals surface area contributed by atoms with Gasteiger partial charge in [0.05, 0.1) is 0 Å². The minimum atomic E-state index is -0.755. The van der Waals surface area contributed by atoms with Gasteiger partial charge < -0.3 is 15.0 Å². The number of nitrogens with one attached hydrogen (secondary N) is 1. The van der Waals surface area contributed by atoms with Crippen molar-refractivity contribution in [2.24, 2.45) is 5.92 Å². The zero-order chi connectivity index (χ0) is 25.2. The molecule has 1 N–H and O–H groups in total. The van der Waals surface area contributed by atoms with Crippen molar-refractivity contribution in [2.75, 3.05) is 13.2 Å². The van der Waals surface area contributed by atoms with Gasteiger partial charge in [-0.3, -0.25) is 9.59 Å². The molecule has 5 nitrogen and oxygen atoms in total. The first-order valence-corrected chi connectivity index (χ1v) is 12.3. The fourth-order valence-corrected chi connectivity index (χ4v) is 4.02. The fraction of sp³-hybridized carbons (Fsp3) is 0.286. The number of ether oxygens (including phenoxy) is 1. The fourth-order valence-electron chi connectivity index (χ4n) is 3.55. The Hall–Kier alpha value is -3.02. The lowest BCUT2D eigenvalue weighted by molar-refractivity contribution is -0.142. The van der Waals surface area contributed by atoms with Gasteiger partial charge in [0.1, 0.15) is 11.8 Å². The average molecular weight is 513 g/mol. The minimum absolute atomic E-state index is 0.138. The van der Waals surface area contributed by atoms with Gasteiger partial charge in [0, 0.05) is 29.6 Å². The van der Waals surface area contributed by atoms with E-state index in [9.17, 15) is 9.59 Å². The Labute approximate surface area is 217 Å². The summed E-state index contributed by atoms with van der Waals surface area (Å²) in [6, 6.07) is 23.1. The quantitative estimate of drug-likeness (QED) is 0.354. The van der Waals surface area contributed by atoms with Crippen molar-refractivity contribution < 1.29 is 14.3 Å². The third kappa shape index (κ3) is 8.30. The van der Waals surface area contributed by atoms with E-state index in [0.29, 0.717) is 34.3 Å². The summed E-state index contributed by atoms with van der Waals surface area (Å²) in [7, 11) is 0. The van der Waals surface area contributed by atoms with Crippen LogP contribution in [0, 0.1) is 5.92 Å². The summed E-state index contributed by atoms with van der Waals surface area (Å²) in [5.74, 6) is 0.308. The highest BCUT2D eigenvalue weighted by atomic mass is 35.5. The Bertz CT molecular complexity index is 1110. The number of carbonyl (C=O) groups is 2. The molecule has 0 saturated carbocycles. The Morgan fingerprint density at radius 3 is 2.23 bits per heavy atom. The maximum atomic E-state index is 13.5. The van der Waals surface area contributed by atoms with Crippen LogP contribution < -0.4 is 10.1 Å². The van der Waals surface area contributed by atoms with Crippen molar-refractivity contribution in [3.8, 4) is 5.75 Å². The summed E-state index contributed by atoms with van der Waals surface area (Å²) in [5.41, 5.74) is 1.64. The number of hydrogen-bond acceptors (Lipinski definition) is 3. The molecule has 0 aliphatic heterocycles. The molecule has 0 aromatic heterocycles. The highest BCUT2D eigenvalue weighted by molar-refractivity contribution is 6.35. The molecule has 0 spiro atoms. The van der Waals surface area contributed by atoms with Crippen LogP contribution in [0.3, 0.4) is 0 Å². The van der Waals surface area contributed by atoms with Crippen molar-refractivity contribution in [1.82, 2.24) is 10.2 Å². The highest BCUT2D eigenvalue weighted by Crippen LogP contribution is 2.24. The largest absolute Gasteiger partial charge is 0.484 e. The van der Waals surface area contributed by atoms with Crippen LogP contribution in [0.2, 0.25) is 10.0 Å². The van der Waals surface area contributed by atoms with E-state index in [-0.39, 0.29) is 30.9 Å². The van der Waals surface area contributed by atoms with Crippen LogP contribution in [-0.2, 0) is 22.6 Å². The lowest BCUT2D eigenvalue weighted by Crippen LogP contribution is -2.52. The lowest BCUT2D eigenvalue weighted by atomic mass is 10.0. The highest BCUT2D eigenvalue weighted by Gasteiger charge is 2.31. The smallest absolute Gasteiger partial charge is 0.261 e. The van der Waals surface area contributed by atoms with Gasteiger partial charge in [-0.15, -0.1) is 0 Å². The number of hydrogen-bond donors (Lipinski definition) is 1. The first-order chi connectivity index (χ1) is 16.8. The topological polar surface area (TPSA) is 58.6 Å². The molecule has 1 atom stereocenters. The van der Waals surface area contributed by atoms with Crippen LogP contribution in [-0.4, -0.2) is 35.9 Å². The molecule has 3 rings (SSSR count). The third-order valence-corrected chi connectivity index (χ3v) is 6.00. The van der Waals surface area contributed by atoms with E-state index in [1.807, 2.05) is 62.4 Å². The molecule has 0 aliphatic rings. The zero-order valence-corrected chi connectivity index (χ0v) is 21.4. The third-order valence-electron chi connectivity index (χ3n) is 5.42. The van der Waals surface area contributed by atoms with Crippen LogP contribution in [0.1, 0.15) is 25.0 Å². The van der Waals surface area contributed by atoms with E-state index in [4.69, 9.17) is 27.9 Å². The molecule has 35 heavy (non-hydrogen) atoms. The predicted octanol–water partition coefficient (Wildman–Crippen LogP) is 5.78. The SMILES string of the molecule is CC(C)CNC(=O)[C@H](Cc1ccccc1)N(Cc1ccc(Cl)cc1Cl)C(=O)COc1ccccc1. The molecule has 184 valence electrons. The summed E-state index contributed by atoms with van der Waals surface area (Å²) in [6.07, 6.45) is 0.354. The van der Waals surface area contributed by atoms with Crippen molar-refractivity contribution in [1.29, 1.82) is 0 Å². The number of rotatable bonds is 11. The zero-order valence-electron chi connectivity index (χ0n) is 19.9. The predicted molar refractivity (Wildman–Crippen MR) is 141 cm³/mol. The molecule has 0 radical (unpaired) electrons. The van der Waals surface area contributed by atoms with Gasteiger partial charge in [0.15, 0.2) is 6.61 Å². The second-order valence-corrected chi connectivity index (χ2v) is 9.55. The number of benzene rings is 3. The summed E-state index contributed by atoms with van der Waals surface area (Å²) >= 11 is 12.5. The van der Waals surface area contributed by atoms with Crippen LogP contribution in [0.5, 0.6) is 5.75 Å². The second kappa shape index (κ2) is 13.2. The lowest BCUT2D eigenvalue weighted by Gasteiger charge is -2.32. The average Bonchev–Trinajstić information content (AvgIpc) is 2.85. The van der Waals surface area contributed by atoms with Crippen molar-refractivity contribution in [3.63, 3.8) is 0 Å². The van der Waals surface area contributed by atoms with Gasteiger partial charge in [-0.05, 0) is 41.3 Å². The Kier molecular flexibility index (Phi) is 10.0. The standard InChI is InChI=1S/C28H30Cl2N2O3/c1-20(2)17-31-28(34)26(15-21-9-5-3-6-10-21)32(18-22-13-14-23(29)16-25(22)30)27(33)19-35-24-11-7-4-8-12-24/h3-14,16,20,26H,15,17-19H2,1-2H3,(H,31,34)/t26-/m0/s1. The van der Waals surface area contributed by atoms with Gasteiger partial charge in [-0.2, -0.15) is 0 Å². The molecule has 0 unspecified atom stereocenters. The Morgan fingerprint density at radius 2 is 1.60 bits per heavy atom. The molecule has 0 saturated heterocycles. The van der Waals surface area contributed by atoms with Crippen LogP contribution in [0.4, 0.5) is 0 Å². The molecule has 0 bridgehead atoms. The molecule has 2 amide bonds. The Morgan fingerprint density at radius 1 is 0.943 bits per heavy atom. The van der Waals surface area contributed by atoms with Crippen LogP contribution >= 0.6 is 23.2 Å². The summed E-state index contributed by atoms with van der Waals surface area (Å²) < 4.78 is 5.74. The minimum Gasteiger partial charge on any atom is -0.484 e. The summed E-state index contributed by atoms with van der Waals surface area (Å²) in [6.45, 7) is 4.49. The van der Waals surface area contributed by atoms with Gasteiger partial charge in [0.2, 0.25) is 5.91 Å². The van der Waals surface area contributed by atoms with E-state index < -0.39 is 6.04 Å². The molecular formula is C28H30Cl2N2O3. The maximum absolute atomic E-state index is 13.5. The first-order valence-electron chi connectivity index (χ1n) is 11.6. The van der Waals surface area contributed by atoms with Gasteiger partial charge in [-0.1, -0.05) is 91.6 Å². The molecule has 0 aliphatic carbocycles. The number of para-hydroxylation sites is 1. The number of amides is 2. The Balaban J connectivity index is 1.92. The van der Waals surface area contributed by atoms with E-state index in [2.05, 4.69) is 5.32 Å². The normalized spacial score (nSPS) is 11.7. The van der Waals surface area contributed by atoms with E-state index in [0.717, 1.165) is 5.56 Å². The molecule has 3 aromatic rings. The van der Waals surface area contributed by atoms with Gasteiger partial charge >= 0.3 is 0 Å².